The van der Waals surface area contributed by atoms with Crippen LogP contribution in [0.2, 0.25) is 0 Å². The zero-order chi connectivity index (χ0) is 11.5. The van der Waals surface area contributed by atoms with Crippen molar-refractivity contribution in [2.75, 3.05) is 0 Å². The molecular weight excluding hydrogens is 199 g/mol. The highest BCUT2D eigenvalue weighted by molar-refractivity contribution is 7.52. The van der Waals surface area contributed by atoms with Crippen LogP contribution in [0.3, 0.4) is 0 Å². The molecule has 0 spiro atoms. The first-order valence-corrected chi connectivity index (χ1v) is 6.14. The Morgan fingerprint density at radius 3 is 2.20 bits per heavy atom. The number of hydrogen-bond acceptors (Lipinski definition) is 0. The molecule has 0 heterocycles. The average Bonchev–Trinajstić information content (AvgIpc) is 2.32. The molecule has 0 aliphatic heterocycles. The molecule has 0 fully saturated rings. The predicted molar refractivity (Wildman–Crippen MR) is 74.2 cm³/mol. The summed E-state index contributed by atoms with van der Waals surface area (Å²) in [6, 6.07) is 10.4. The minimum Gasteiger partial charge on any atom is -0.0990 e. The summed E-state index contributed by atoms with van der Waals surface area (Å²) in [6.45, 7) is 11.4. The molecule has 0 saturated carbocycles. The van der Waals surface area contributed by atoms with Gasteiger partial charge >= 0.3 is 0 Å². The maximum atomic E-state index is 3.77. The van der Waals surface area contributed by atoms with E-state index in [0.29, 0.717) is 8.58 Å². The molecule has 0 bridgehead atoms. The predicted octanol–water partition coefficient (Wildman–Crippen LogP) is 4.27. The molecule has 0 aromatic heterocycles. The summed E-state index contributed by atoms with van der Waals surface area (Å²) in [5.74, 6) is 0. The molecule has 1 aromatic rings. The molecule has 1 heteroatoms. The van der Waals surface area contributed by atoms with Crippen LogP contribution in [-0.2, 0) is 0 Å². The zero-order valence-electron chi connectivity index (χ0n) is 9.53. The minimum absolute atomic E-state index is 0.674. The Morgan fingerprint density at radius 2 is 1.73 bits per heavy atom. The fourth-order valence-electron chi connectivity index (χ4n) is 0.976. The Kier molecular flexibility index (Phi) is 8.72. The average molecular weight is 218 g/mol. The number of benzene rings is 1. The van der Waals surface area contributed by atoms with Crippen molar-refractivity contribution in [1.29, 1.82) is 0 Å². The van der Waals surface area contributed by atoms with Crippen LogP contribution in [0.1, 0.15) is 13.8 Å². The zero-order valence-corrected chi connectivity index (χ0v) is 10.5. The van der Waals surface area contributed by atoms with Crippen LogP contribution in [0.5, 0.6) is 0 Å². The maximum Gasteiger partial charge on any atom is -0.0226 e. The van der Waals surface area contributed by atoms with Gasteiger partial charge in [0, 0.05) is 0 Å². The molecule has 0 aliphatic rings. The van der Waals surface area contributed by atoms with E-state index in [1.807, 2.05) is 32.1 Å². The second kappa shape index (κ2) is 9.43. The Labute approximate surface area is 95.2 Å². The topological polar surface area (TPSA) is 0 Å². The van der Waals surface area contributed by atoms with Crippen molar-refractivity contribution >= 4 is 13.9 Å². The number of rotatable bonds is 4. The Morgan fingerprint density at radius 1 is 1.13 bits per heavy atom. The summed E-state index contributed by atoms with van der Waals surface area (Å²) < 4.78 is 0. The summed E-state index contributed by atoms with van der Waals surface area (Å²) in [4.78, 5) is 0. The monoisotopic (exact) mass is 218 g/mol. The third-order valence-electron chi connectivity index (χ3n) is 1.58. The molecule has 0 N–H and O–H groups in total. The van der Waals surface area contributed by atoms with Gasteiger partial charge in [0.15, 0.2) is 0 Å². The van der Waals surface area contributed by atoms with Gasteiger partial charge < -0.3 is 0 Å². The van der Waals surface area contributed by atoms with Crippen LogP contribution >= 0.6 is 8.58 Å². The van der Waals surface area contributed by atoms with Crippen LogP contribution in [0, 0.1) is 0 Å². The number of hydrogen-bond donors (Lipinski definition) is 0. The van der Waals surface area contributed by atoms with E-state index >= 15 is 0 Å². The van der Waals surface area contributed by atoms with E-state index in [9.17, 15) is 0 Å². The van der Waals surface area contributed by atoms with Gasteiger partial charge in [-0.3, -0.25) is 0 Å². The molecule has 1 aromatic carbocycles. The molecule has 0 amide bonds. The van der Waals surface area contributed by atoms with E-state index in [1.54, 1.807) is 6.08 Å². The lowest BCUT2D eigenvalue weighted by molar-refractivity contribution is 1.50. The third kappa shape index (κ3) is 6.04. The molecule has 0 saturated heterocycles. The summed E-state index contributed by atoms with van der Waals surface area (Å²) in [7, 11) is 0.674. The van der Waals surface area contributed by atoms with E-state index in [1.165, 1.54) is 10.6 Å². The molecule has 80 valence electrons. The summed E-state index contributed by atoms with van der Waals surface area (Å²) >= 11 is 0. The molecule has 1 atom stereocenters. The van der Waals surface area contributed by atoms with Gasteiger partial charge in [-0.15, -0.1) is 0 Å². The lowest BCUT2D eigenvalue weighted by Gasteiger charge is -2.00. The summed E-state index contributed by atoms with van der Waals surface area (Å²) in [5, 5.41) is 2.55. The Bertz CT molecular complexity index is 309. The van der Waals surface area contributed by atoms with Crippen molar-refractivity contribution in [3.8, 4) is 0 Å². The second-order valence-electron chi connectivity index (χ2n) is 2.55. The van der Waals surface area contributed by atoms with Crippen molar-refractivity contribution in [1.82, 2.24) is 0 Å². The molecule has 0 radical (unpaired) electrons. The summed E-state index contributed by atoms with van der Waals surface area (Å²) in [6.07, 6.45) is 5.68. The van der Waals surface area contributed by atoms with Gasteiger partial charge in [-0.25, -0.2) is 0 Å². The van der Waals surface area contributed by atoms with Crippen molar-refractivity contribution in [3.05, 3.63) is 67.0 Å². The first-order valence-electron chi connectivity index (χ1n) is 5.14. The van der Waals surface area contributed by atoms with Gasteiger partial charge in [-0.05, 0) is 10.6 Å². The maximum absolute atomic E-state index is 3.77. The second-order valence-corrected chi connectivity index (χ2v) is 3.96. The SMILES string of the molecule is C=C/C=C(\C=C)Pc1ccccc1.CC. The van der Waals surface area contributed by atoms with Crippen LogP contribution < -0.4 is 5.30 Å². The van der Waals surface area contributed by atoms with Crippen LogP contribution in [0.4, 0.5) is 0 Å². The van der Waals surface area contributed by atoms with Gasteiger partial charge in [-0.2, -0.15) is 0 Å². The van der Waals surface area contributed by atoms with E-state index in [4.69, 9.17) is 0 Å². The number of allylic oxidation sites excluding steroid dienone is 4. The molecule has 15 heavy (non-hydrogen) atoms. The molecule has 0 aliphatic carbocycles. The van der Waals surface area contributed by atoms with Gasteiger partial charge in [0.25, 0.3) is 0 Å². The fourth-order valence-corrected chi connectivity index (χ4v) is 1.97. The molecule has 0 nitrogen and oxygen atoms in total. The van der Waals surface area contributed by atoms with Crippen molar-refractivity contribution in [3.63, 3.8) is 0 Å². The fraction of sp³-hybridized carbons (Fsp3) is 0.143. The molecule has 1 unspecified atom stereocenters. The standard InChI is InChI=1S/C12H13P.C2H6/c1-3-8-11(4-2)13-12-9-6-5-7-10-12;1-2/h3-10,13H,1-2H2;1-2H3/b11-8+;. The first-order chi connectivity index (χ1) is 7.36. The highest BCUT2D eigenvalue weighted by Gasteiger charge is 1.92. The van der Waals surface area contributed by atoms with Crippen molar-refractivity contribution in [2.45, 2.75) is 13.8 Å². The van der Waals surface area contributed by atoms with E-state index in [2.05, 4.69) is 37.4 Å². The van der Waals surface area contributed by atoms with E-state index < -0.39 is 0 Å². The first kappa shape index (κ1) is 13.9. The van der Waals surface area contributed by atoms with Gasteiger partial charge in [0.1, 0.15) is 0 Å². The van der Waals surface area contributed by atoms with Crippen LogP contribution in [-0.4, -0.2) is 0 Å². The van der Waals surface area contributed by atoms with Gasteiger partial charge in [0.2, 0.25) is 0 Å². The van der Waals surface area contributed by atoms with Crippen LogP contribution in [0.15, 0.2) is 67.0 Å². The summed E-state index contributed by atoms with van der Waals surface area (Å²) in [5.41, 5.74) is 0. The quantitative estimate of drug-likeness (QED) is 0.523. The van der Waals surface area contributed by atoms with E-state index in [-0.39, 0.29) is 0 Å². The van der Waals surface area contributed by atoms with Gasteiger partial charge in [-0.1, -0.05) is 84.1 Å². The molecule has 1 rings (SSSR count). The van der Waals surface area contributed by atoms with Crippen molar-refractivity contribution < 1.29 is 0 Å². The largest absolute Gasteiger partial charge is 0.0990 e. The van der Waals surface area contributed by atoms with Crippen molar-refractivity contribution in [2.24, 2.45) is 0 Å². The lowest BCUT2D eigenvalue weighted by Crippen LogP contribution is -1.90. The van der Waals surface area contributed by atoms with Crippen LogP contribution in [0.25, 0.3) is 0 Å². The Balaban J connectivity index is 0.000000921. The molecular formula is C14H19P. The normalized spacial score (nSPS) is 10.7. The van der Waals surface area contributed by atoms with Gasteiger partial charge in [0.05, 0.1) is 0 Å². The highest BCUT2D eigenvalue weighted by Crippen LogP contribution is 2.23. The highest BCUT2D eigenvalue weighted by atomic mass is 31.1. The van der Waals surface area contributed by atoms with E-state index in [0.717, 1.165) is 0 Å². The third-order valence-corrected chi connectivity index (χ3v) is 2.86. The Hall–Kier alpha value is -1.13. The smallest absolute Gasteiger partial charge is 0.0226 e. The minimum atomic E-state index is 0.674. The lowest BCUT2D eigenvalue weighted by atomic mass is 10.4.